The summed E-state index contributed by atoms with van der Waals surface area (Å²) in [5, 5.41) is 52.9. The van der Waals surface area contributed by atoms with E-state index in [0.29, 0.717) is 0 Å². The molecule has 1 aromatic rings. The number of carbonyl (C=O) groups is 3. The molecule has 0 spiro atoms. The van der Waals surface area contributed by atoms with Gasteiger partial charge in [-0.05, 0) is 74.7 Å². The first-order chi connectivity index (χ1) is 15.7. The highest BCUT2D eigenvalue weighted by molar-refractivity contribution is 14.1. The summed E-state index contributed by atoms with van der Waals surface area (Å²) >= 11 is 5.50. The number of amides is 4. The minimum absolute atomic E-state index is 0.0326. The Kier molecular flexibility index (Phi) is 12.8. The average molecular weight is 821 g/mol. The first-order valence-electron chi connectivity index (χ1n) is 9.90. The fourth-order valence-corrected chi connectivity index (χ4v) is 7.65. The van der Waals surface area contributed by atoms with Crippen LogP contribution in [-0.4, -0.2) is 106 Å². The smallest absolute Gasteiger partial charge is 0.348 e. The quantitative estimate of drug-likeness (QED) is 0.107. The molecule has 4 amide bonds. The Balaban J connectivity index is 3.78. The van der Waals surface area contributed by atoms with Crippen molar-refractivity contribution in [1.82, 2.24) is 5.32 Å². The highest BCUT2D eigenvalue weighted by Crippen LogP contribution is 2.37. The number of benzene rings is 1. The van der Waals surface area contributed by atoms with E-state index in [0.717, 1.165) is 0 Å². The van der Waals surface area contributed by atoms with E-state index in [-0.39, 0.29) is 47.2 Å². The minimum Gasteiger partial charge on any atom is -0.394 e. The van der Waals surface area contributed by atoms with Gasteiger partial charge in [-0.2, -0.15) is 0 Å². The third-order valence-corrected chi connectivity index (χ3v) is 7.93. The van der Waals surface area contributed by atoms with Crippen LogP contribution in [0.15, 0.2) is 0 Å². The van der Waals surface area contributed by atoms with Gasteiger partial charge in [0.1, 0.15) is 30.9 Å². The summed E-state index contributed by atoms with van der Waals surface area (Å²) in [6.07, 6.45) is -3.39. The van der Waals surface area contributed by atoms with Crippen molar-refractivity contribution in [3.63, 3.8) is 0 Å². The number of urea groups is 1. The van der Waals surface area contributed by atoms with E-state index < -0.39 is 53.9 Å². The van der Waals surface area contributed by atoms with Gasteiger partial charge in [-0.1, -0.05) is 0 Å². The number of primary amides is 1. The van der Waals surface area contributed by atoms with Gasteiger partial charge < -0.3 is 41.9 Å². The first-order valence-corrected chi connectivity index (χ1v) is 13.1. The second kappa shape index (κ2) is 13.8. The molecule has 0 aromatic heterocycles. The van der Waals surface area contributed by atoms with Gasteiger partial charge in [0, 0.05) is 10.1 Å². The summed E-state index contributed by atoms with van der Waals surface area (Å²) in [4.78, 5) is 38.5. The van der Waals surface area contributed by atoms with Crippen molar-refractivity contribution in [2.45, 2.75) is 25.2 Å². The highest BCUT2D eigenvalue weighted by Gasteiger charge is 2.41. The van der Waals surface area contributed by atoms with Crippen LogP contribution in [0.5, 0.6) is 0 Å². The van der Waals surface area contributed by atoms with Crippen LogP contribution < -0.4 is 16.4 Å². The number of nitrogens with zero attached hydrogens (tertiary/aromatic N) is 1. The number of hydrogen-bond donors (Lipinski definition) is 8. The van der Waals surface area contributed by atoms with E-state index in [2.05, 4.69) is 10.6 Å². The van der Waals surface area contributed by atoms with Crippen molar-refractivity contribution in [2.75, 3.05) is 45.2 Å². The molecule has 0 heterocycles. The number of carbonyl (C=O) groups excluding carboxylic acids is 3. The molecule has 15 heteroatoms. The third-order valence-electron chi connectivity index (χ3n) is 4.70. The Bertz CT molecular complexity index is 934. The van der Waals surface area contributed by atoms with Gasteiger partial charge >= 0.3 is 11.9 Å². The summed E-state index contributed by atoms with van der Waals surface area (Å²) in [6, 6.07) is -0.922. The van der Waals surface area contributed by atoms with Crippen molar-refractivity contribution < 1.29 is 44.4 Å². The summed E-state index contributed by atoms with van der Waals surface area (Å²) in [7, 11) is 1.48. The van der Waals surface area contributed by atoms with Crippen molar-refractivity contribution in [1.29, 1.82) is 0 Å². The molecule has 4 atom stereocenters. The van der Waals surface area contributed by atoms with Crippen LogP contribution >= 0.6 is 67.8 Å². The number of anilines is 1. The number of rotatable bonds is 11. The summed E-state index contributed by atoms with van der Waals surface area (Å²) in [6.45, 7) is -0.269. The molecule has 0 radical (unpaired) electrons. The maximum atomic E-state index is 13.8. The molecule has 0 fully saturated rings. The van der Waals surface area contributed by atoms with Crippen LogP contribution in [0.1, 0.15) is 27.6 Å². The van der Waals surface area contributed by atoms with E-state index in [4.69, 9.17) is 10.8 Å². The SMILES string of the molecule is CC(O)C[N+](C)(CC(O)CO)C(=O)c1c(I)c(NC(N)=O)c(I)c(C(=O)NCC(O)CO)c1I. The average Bonchev–Trinajstić information content (AvgIpc) is 2.73. The van der Waals surface area contributed by atoms with Crippen molar-refractivity contribution in [3.05, 3.63) is 21.8 Å². The van der Waals surface area contributed by atoms with Crippen molar-refractivity contribution in [2.24, 2.45) is 5.73 Å². The Morgan fingerprint density at radius 1 is 0.941 bits per heavy atom. The van der Waals surface area contributed by atoms with E-state index in [1.54, 1.807) is 0 Å². The third kappa shape index (κ3) is 8.05. The number of halogens is 3. The molecule has 0 saturated heterocycles. The maximum Gasteiger partial charge on any atom is 0.348 e. The molecule has 1 aromatic carbocycles. The van der Waals surface area contributed by atoms with Crippen LogP contribution in [0, 0.1) is 10.7 Å². The molecule has 0 saturated carbocycles. The second-order valence-electron chi connectivity index (χ2n) is 7.85. The van der Waals surface area contributed by atoms with Gasteiger partial charge in [0.15, 0.2) is 0 Å². The van der Waals surface area contributed by atoms with Crippen LogP contribution in [0.4, 0.5) is 10.5 Å². The van der Waals surface area contributed by atoms with Gasteiger partial charge in [0.25, 0.3) is 5.91 Å². The molecule has 0 aliphatic rings. The molecular weight excluding hydrogens is 793 g/mol. The predicted molar refractivity (Wildman–Crippen MR) is 148 cm³/mol. The predicted octanol–water partition coefficient (Wildman–Crippen LogP) is -0.605. The number of quaternary nitrogens is 1. The zero-order chi connectivity index (χ0) is 26.4. The number of hydrogen-bond acceptors (Lipinski definition) is 8. The number of nitrogens with two attached hydrogens (primary N) is 1. The zero-order valence-electron chi connectivity index (χ0n) is 18.4. The fourth-order valence-electron chi connectivity index (χ4n) is 3.26. The highest BCUT2D eigenvalue weighted by atomic mass is 127. The topological polar surface area (TPSA) is 202 Å². The lowest BCUT2D eigenvalue weighted by atomic mass is 10.0. The summed E-state index contributed by atoms with van der Waals surface area (Å²) < 4.78 is 0.302. The summed E-state index contributed by atoms with van der Waals surface area (Å²) in [5.74, 6) is -1.24. The zero-order valence-corrected chi connectivity index (χ0v) is 24.9. The number of aliphatic hydroxyl groups is 5. The monoisotopic (exact) mass is 821 g/mol. The van der Waals surface area contributed by atoms with Gasteiger partial charge in [-0.15, -0.1) is 0 Å². The Morgan fingerprint density at radius 2 is 1.47 bits per heavy atom. The Labute approximate surface area is 237 Å². The van der Waals surface area contributed by atoms with Crippen LogP contribution in [-0.2, 0) is 0 Å². The van der Waals surface area contributed by atoms with E-state index in [1.165, 1.54) is 14.0 Å². The lowest BCUT2D eigenvalue weighted by molar-refractivity contribution is -0.835. The second-order valence-corrected chi connectivity index (χ2v) is 11.1. The largest absolute Gasteiger partial charge is 0.394 e. The lowest BCUT2D eigenvalue weighted by Gasteiger charge is -2.35. The van der Waals surface area contributed by atoms with Crippen LogP contribution in [0.2, 0.25) is 0 Å². The molecule has 12 nitrogen and oxygen atoms in total. The standard InChI is InChI=1S/C19H27I3N4O8/c1-8(29)4-26(2,5-10(31)7-28)18(33)12-13(20)11(17(32)24-3-9(30)6-27)14(21)16(15(12)22)25-19(23)34/h8-10,27-31H,3-7H2,1-2H3,(H3-,23,24,25,32,34)/p+1. The summed E-state index contributed by atoms with van der Waals surface area (Å²) in [5.41, 5.74) is 5.50. The number of nitrogens with one attached hydrogen (secondary N) is 2. The molecule has 0 bridgehead atoms. The molecule has 34 heavy (non-hydrogen) atoms. The van der Waals surface area contributed by atoms with E-state index >= 15 is 0 Å². The van der Waals surface area contributed by atoms with Gasteiger partial charge in [-0.3, -0.25) is 9.28 Å². The van der Waals surface area contributed by atoms with Crippen LogP contribution in [0.25, 0.3) is 0 Å². The number of aliphatic hydroxyl groups excluding tert-OH is 5. The van der Waals surface area contributed by atoms with E-state index in [9.17, 15) is 34.8 Å². The Morgan fingerprint density at radius 3 is 1.94 bits per heavy atom. The van der Waals surface area contributed by atoms with Gasteiger partial charge in [0.2, 0.25) is 0 Å². The van der Waals surface area contributed by atoms with Gasteiger partial charge in [-0.25, -0.2) is 9.59 Å². The molecule has 192 valence electrons. The fraction of sp³-hybridized carbons (Fsp3) is 0.526. The first kappa shape index (κ1) is 31.6. The normalized spacial score (nSPS) is 15.7. The maximum absolute atomic E-state index is 13.8. The molecule has 9 N–H and O–H groups in total. The van der Waals surface area contributed by atoms with Gasteiger partial charge in [0.05, 0.1) is 44.8 Å². The molecule has 4 unspecified atom stereocenters. The minimum atomic E-state index is -1.25. The Hall–Kier alpha value is -0.420. The lowest BCUT2D eigenvalue weighted by Crippen LogP contribution is -2.57. The van der Waals surface area contributed by atoms with Crippen molar-refractivity contribution in [3.8, 4) is 0 Å². The molecule has 0 aliphatic heterocycles. The molecular formula is C19H28I3N4O8+. The van der Waals surface area contributed by atoms with Crippen LogP contribution in [0.3, 0.4) is 0 Å². The number of likely N-dealkylation sites (N-methyl/N-ethyl adjacent to an activating group) is 1. The molecule has 1 rings (SSSR count). The van der Waals surface area contributed by atoms with Crippen molar-refractivity contribution >= 4 is 91.3 Å². The molecule has 0 aliphatic carbocycles. The van der Waals surface area contributed by atoms with E-state index in [1.807, 2.05) is 67.8 Å².